The molecule has 1 aromatic rings. The van der Waals surface area contributed by atoms with Crippen molar-refractivity contribution in [2.24, 2.45) is 5.73 Å². The van der Waals surface area contributed by atoms with Crippen LogP contribution in [0.15, 0.2) is 18.2 Å². The van der Waals surface area contributed by atoms with E-state index in [0.717, 1.165) is 12.8 Å². The maximum absolute atomic E-state index is 13.7. The van der Waals surface area contributed by atoms with Crippen molar-refractivity contribution in [2.45, 2.75) is 31.9 Å². The summed E-state index contributed by atoms with van der Waals surface area (Å²) in [5, 5.41) is 0. The predicted octanol–water partition coefficient (Wildman–Crippen LogP) is 2.40. The Morgan fingerprint density at radius 3 is 2.71 bits per heavy atom. The van der Waals surface area contributed by atoms with Crippen molar-refractivity contribution in [3.05, 3.63) is 29.6 Å². The summed E-state index contributed by atoms with van der Waals surface area (Å²) in [5.41, 5.74) is 6.17. The second-order valence-corrected chi connectivity index (χ2v) is 4.40. The van der Waals surface area contributed by atoms with Crippen LogP contribution in [0.5, 0.6) is 5.75 Å². The fraction of sp³-hybridized carbons (Fsp3) is 0.538. The van der Waals surface area contributed by atoms with E-state index in [0.29, 0.717) is 24.5 Å². The largest absolute Gasteiger partial charge is 0.490 e. The third-order valence-electron chi connectivity index (χ3n) is 2.93. The van der Waals surface area contributed by atoms with Crippen LogP contribution in [-0.2, 0) is 4.74 Å². The maximum Gasteiger partial charge on any atom is 0.131 e. The van der Waals surface area contributed by atoms with Gasteiger partial charge in [0.05, 0.1) is 13.2 Å². The first-order valence-corrected chi connectivity index (χ1v) is 5.96. The monoisotopic (exact) mass is 239 g/mol. The number of ether oxygens (including phenoxy) is 2. The molecule has 0 aromatic heterocycles. The van der Waals surface area contributed by atoms with Crippen LogP contribution in [0.1, 0.15) is 31.4 Å². The summed E-state index contributed by atoms with van der Waals surface area (Å²) in [6.07, 6.45) is 1.84. The van der Waals surface area contributed by atoms with Gasteiger partial charge in [0.25, 0.3) is 0 Å². The molecule has 0 spiro atoms. The summed E-state index contributed by atoms with van der Waals surface area (Å²) in [7, 11) is 0. The van der Waals surface area contributed by atoms with Gasteiger partial charge in [0, 0.05) is 30.5 Å². The highest BCUT2D eigenvalue weighted by Gasteiger charge is 2.16. The topological polar surface area (TPSA) is 44.5 Å². The van der Waals surface area contributed by atoms with Crippen molar-refractivity contribution in [2.75, 3.05) is 13.2 Å². The normalized spacial score (nSPS) is 19.0. The van der Waals surface area contributed by atoms with Crippen molar-refractivity contribution >= 4 is 0 Å². The minimum absolute atomic E-state index is 0.129. The minimum Gasteiger partial charge on any atom is -0.490 e. The molecule has 0 amide bonds. The molecule has 0 aliphatic carbocycles. The summed E-state index contributed by atoms with van der Waals surface area (Å²) < 4.78 is 24.6. The highest BCUT2D eigenvalue weighted by Crippen LogP contribution is 2.23. The molecule has 0 bridgehead atoms. The third-order valence-corrected chi connectivity index (χ3v) is 2.93. The van der Waals surface area contributed by atoms with Gasteiger partial charge in [-0.15, -0.1) is 0 Å². The first-order valence-electron chi connectivity index (χ1n) is 5.96. The average Bonchev–Trinajstić information content (AvgIpc) is 2.30. The molecule has 1 fully saturated rings. The number of hydrogen-bond donors (Lipinski definition) is 1. The summed E-state index contributed by atoms with van der Waals surface area (Å²) >= 11 is 0. The van der Waals surface area contributed by atoms with Crippen LogP contribution < -0.4 is 10.5 Å². The summed E-state index contributed by atoms with van der Waals surface area (Å²) in [5.74, 6) is 0.267. The number of halogens is 1. The third kappa shape index (κ3) is 3.17. The maximum atomic E-state index is 13.7. The van der Waals surface area contributed by atoms with Crippen molar-refractivity contribution in [3.63, 3.8) is 0 Å². The van der Waals surface area contributed by atoms with E-state index in [1.807, 2.05) is 0 Å². The van der Waals surface area contributed by atoms with Gasteiger partial charge in [-0.1, -0.05) is 6.07 Å². The average molecular weight is 239 g/mol. The Bertz CT molecular complexity index is 376. The predicted molar refractivity (Wildman–Crippen MR) is 63.5 cm³/mol. The van der Waals surface area contributed by atoms with E-state index in [1.54, 1.807) is 19.1 Å². The van der Waals surface area contributed by atoms with Crippen LogP contribution in [0.4, 0.5) is 4.39 Å². The zero-order valence-corrected chi connectivity index (χ0v) is 9.99. The second-order valence-electron chi connectivity index (χ2n) is 4.40. The molecule has 1 unspecified atom stereocenters. The van der Waals surface area contributed by atoms with E-state index in [9.17, 15) is 4.39 Å². The zero-order valence-electron chi connectivity index (χ0n) is 9.99. The van der Waals surface area contributed by atoms with Crippen molar-refractivity contribution < 1.29 is 13.9 Å². The fourth-order valence-electron chi connectivity index (χ4n) is 1.94. The van der Waals surface area contributed by atoms with Gasteiger partial charge in [-0.3, -0.25) is 0 Å². The smallest absolute Gasteiger partial charge is 0.131 e. The quantitative estimate of drug-likeness (QED) is 0.881. The van der Waals surface area contributed by atoms with E-state index in [2.05, 4.69) is 0 Å². The number of nitrogens with two attached hydrogens (primary N) is 1. The molecule has 1 atom stereocenters. The summed E-state index contributed by atoms with van der Waals surface area (Å²) in [6, 6.07) is 4.58. The molecule has 2 N–H and O–H groups in total. The molecule has 17 heavy (non-hydrogen) atoms. The lowest BCUT2D eigenvalue weighted by atomic mass is 10.1. The molecule has 0 saturated carbocycles. The first kappa shape index (κ1) is 12.3. The van der Waals surface area contributed by atoms with Crippen LogP contribution in [0, 0.1) is 5.82 Å². The van der Waals surface area contributed by atoms with Gasteiger partial charge in [0.15, 0.2) is 0 Å². The lowest BCUT2D eigenvalue weighted by molar-refractivity contribution is 0.0254. The molecule has 2 rings (SSSR count). The fourth-order valence-corrected chi connectivity index (χ4v) is 1.94. The number of benzene rings is 1. The molecular weight excluding hydrogens is 221 g/mol. The Morgan fingerprint density at radius 1 is 1.41 bits per heavy atom. The molecule has 4 heteroatoms. The number of rotatable bonds is 3. The Hall–Kier alpha value is -1.13. The van der Waals surface area contributed by atoms with Gasteiger partial charge < -0.3 is 15.2 Å². The number of hydrogen-bond acceptors (Lipinski definition) is 3. The Labute approximate surface area is 101 Å². The van der Waals surface area contributed by atoms with Crippen molar-refractivity contribution in [1.82, 2.24) is 0 Å². The SMILES string of the molecule is CC(N)c1ccc(OC2CCOCC2)cc1F. The van der Waals surface area contributed by atoms with Crippen LogP contribution in [0.25, 0.3) is 0 Å². The second kappa shape index (κ2) is 5.47. The van der Waals surface area contributed by atoms with E-state index < -0.39 is 0 Å². The molecule has 0 radical (unpaired) electrons. The lowest BCUT2D eigenvalue weighted by Crippen LogP contribution is -2.25. The standard InChI is InChI=1S/C13H18FNO2/c1-9(15)12-3-2-11(8-13(12)14)17-10-4-6-16-7-5-10/h2-3,8-10H,4-7,15H2,1H3. The van der Waals surface area contributed by atoms with Gasteiger partial charge in [-0.25, -0.2) is 4.39 Å². The Kier molecular flexibility index (Phi) is 3.97. The molecule has 1 aliphatic heterocycles. The molecule has 3 nitrogen and oxygen atoms in total. The van der Waals surface area contributed by atoms with Crippen LogP contribution in [0.3, 0.4) is 0 Å². The lowest BCUT2D eigenvalue weighted by Gasteiger charge is -2.23. The van der Waals surface area contributed by atoms with Gasteiger partial charge in [0.2, 0.25) is 0 Å². The van der Waals surface area contributed by atoms with Crippen molar-refractivity contribution in [1.29, 1.82) is 0 Å². The molecular formula is C13H18FNO2. The van der Waals surface area contributed by atoms with Gasteiger partial charge in [0.1, 0.15) is 17.7 Å². The minimum atomic E-state index is -0.301. The van der Waals surface area contributed by atoms with E-state index >= 15 is 0 Å². The van der Waals surface area contributed by atoms with Crippen LogP contribution in [-0.4, -0.2) is 19.3 Å². The summed E-state index contributed by atoms with van der Waals surface area (Å²) in [6.45, 7) is 3.19. The van der Waals surface area contributed by atoms with Gasteiger partial charge >= 0.3 is 0 Å². The van der Waals surface area contributed by atoms with Gasteiger partial charge in [-0.2, -0.15) is 0 Å². The van der Waals surface area contributed by atoms with Crippen molar-refractivity contribution in [3.8, 4) is 5.75 Å². The van der Waals surface area contributed by atoms with E-state index in [-0.39, 0.29) is 18.0 Å². The van der Waals surface area contributed by atoms with Gasteiger partial charge in [-0.05, 0) is 13.0 Å². The Morgan fingerprint density at radius 2 is 2.12 bits per heavy atom. The molecule has 94 valence electrons. The molecule has 1 heterocycles. The Balaban J connectivity index is 2.04. The van der Waals surface area contributed by atoms with Crippen LogP contribution in [0.2, 0.25) is 0 Å². The highest BCUT2D eigenvalue weighted by atomic mass is 19.1. The molecule has 1 aromatic carbocycles. The highest BCUT2D eigenvalue weighted by molar-refractivity contribution is 5.30. The molecule has 1 aliphatic rings. The van der Waals surface area contributed by atoms with Crippen LogP contribution >= 0.6 is 0 Å². The molecule has 1 saturated heterocycles. The first-order chi connectivity index (χ1) is 8.16. The van der Waals surface area contributed by atoms with E-state index in [1.165, 1.54) is 6.07 Å². The van der Waals surface area contributed by atoms with E-state index in [4.69, 9.17) is 15.2 Å². The summed E-state index contributed by atoms with van der Waals surface area (Å²) in [4.78, 5) is 0. The zero-order chi connectivity index (χ0) is 12.3.